The van der Waals surface area contributed by atoms with Crippen molar-refractivity contribution in [2.24, 2.45) is 0 Å². The van der Waals surface area contributed by atoms with Crippen LogP contribution in [0.2, 0.25) is 5.02 Å². The fourth-order valence-corrected chi connectivity index (χ4v) is 2.56. The highest BCUT2D eigenvalue weighted by atomic mass is 79.9. The van der Waals surface area contributed by atoms with Gasteiger partial charge in [0, 0.05) is 15.9 Å². The fourth-order valence-electron chi connectivity index (χ4n) is 1.57. The summed E-state index contributed by atoms with van der Waals surface area (Å²) in [5.74, 6) is 0.624. The minimum atomic E-state index is -0.373. The van der Waals surface area contributed by atoms with Crippen LogP contribution in [0.25, 0.3) is 0 Å². The van der Waals surface area contributed by atoms with Crippen molar-refractivity contribution in [1.82, 2.24) is 0 Å². The number of alkyl halides is 1. The van der Waals surface area contributed by atoms with Gasteiger partial charge in [0.2, 0.25) is 0 Å². The second-order valence-electron chi connectivity index (χ2n) is 3.88. The molecule has 0 spiro atoms. The molecule has 0 fully saturated rings. The van der Waals surface area contributed by atoms with Gasteiger partial charge in [0.25, 0.3) is 0 Å². The third-order valence-corrected chi connectivity index (χ3v) is 4.02. The highest BCUT2D eigenvalue weighted by Gasteiger charge is 2.08. The zero-order chi connectivity index (χ0) is 13.8. The average molecular weight is 364 g/mol. The number of halogens is 4. The molecule has 5 heteroatoms. The van der Waals surface area contributed by atoms with Crippen LogP contribution in [-0.4, -0.2) is 0 Å². The second kappa shape index (κ2) is 6.60. The summed E-state index contributed by atoms with van der Waals surface area (Å²) in [7, 11) is 0. The van der Waals surface area contributed by atoms with Crippen molar-refractivity contribution in [2.45, 2.75) is 12.5 Å². The summed E-state index contributed by atoms with van der Waals surface area (Å²) in [6.45, 7) is 0.0782. The van der Waals surface area contributed by atoms with Gasteiger partial charge in [-0.25, -0.2) is 4.39 Å². The van der Waals surface area contributed by atoms with Crippen molar-refractivity contribution in [3.63, 3.8) is 0 Å². The Morgan fingerprint density at radius 3 is 2.68 bits per heavy atom. The van der Waals surface area contributed by atoms with E-state index >= 15 is 0 Å². The summed E-state index contributed by atoms with van der Waals surface area (Å²) in [4.78, 5) is 0. The van der Waals surface area contributed by atoms with Crippen LogP contribution in [0.1, 0.15) is 11.1 Å². The van der Waals surface area contributed by atoms with Crippen molar-refractivity contribution in [3.8, 4) is 5.75 Å². The predicted octanol–water partition coefficient (Wildman–Crippen LogP) is 5.56. The maximum absolute atomic E-state index is 13.6. The molecule has 0 aromatic heterocycles. The van der Waals surface area contributed by atoms with E-state index in [-0.39, 0.29) is 12.4 Å². The smallest absolute Gasteiger partial charge is 0.131 e. The SMILES string of the molecule is Fc1cccc(Cl)c1COc1ccc(Br)c(CCl)c1. The quantitative estimate of drug-likeness (QED) is 0.646. The van der Waals surface area contributed by atoms with E-state index in [9.17, 15) is 4.39 Å². The van der Waals surface area contributed by atoms with Gasteiger partial charge in [-0.1, -0.05) is 33.6 Å². The Labute approximate surface area is 129 Å². The Kier molecular flexibility index (Phi) is 5.08. The van der Waals surface area contributed by atoms with Crippen LogP contribution in [0.15, 0.2) is 40.9 Å². The lowest BCUT2D eigenvalue weighted by Gasteiger charge is -2.10. The van der Waals surface area contributed by atoms with Crippen molar-refractivity contribution >= 4 is 39.1 Å². The lowest BCUT2D eigenvalue weighted by Crippen LogP contribution is -2.00. The minimum absolute atomic E-state index is 0.0782. The van der Waals surface area contributed by atoms with Crippen LogP contribution in [0, 0.1) is 5.82 Å². The Hall–Kier alpha value is -0.770. The lowest BCUT2D eigenvalue weighted by molar-refractivity contribution is 0.299. The molecule has 2 aromatic carbocycles. The van der Waals surface area contributed by atoms with E-state index in [2.05, 4.69) is 15.9 Å². The van der Waals surface area contributed by atoms with Gasteiger partial charge in [-0.15, -0.1) is 11.6 Å². The highest BCUT2D eigenvalue weighted by Crippen LogP contribution is 2.26. The van der Waals surface area contributed by atoms with E-state index in [4.69, 9.17) is 27.9 Å². The van der Waals surface area contributed by atoms with Gasteiger partial charge in [0.15, 0.2) is 0 Å². The van der Waals surface area contributed by atoms with E-state index in [1.165, 1.54) is 6.07 Å². The molecular weight excluding hydrogens is 354 g/mol. The molecule has 0 bridgehead atoms. The number of benzene rings is 2. The molecule has 19 heavy (non-hydrogen) atoms. The summed E-state index contributed by atoms with van der Waals surface area (Å²) in [6, 6.07) is 9.99. The monoisotopic (exact) mass is 362 g/mol. The van der Waals surface area contributed by atoms with Crippen molar-refractivity contribution < 1.29 is 9.13 Å². The molecule has 0 amide bonds. The Balaban J connectivity index is 2.15. The molecule has 100 valence electrons. The van der Waals surface area contributed by atoms with Crippen LogP contribution >= 0.6 is 39.1 Å². The van der Waals surface area contributed by atoms with Gasteiger partial charge in [0.1, 0.15) is 18.2 Å². The number of hydrogen-bond acceptors (Lipinski definition) is 1. The fraction of sp³-hybridized carbons (Fsp3) is 0.143. The number of hydrogen-bond donors (Lipinski definition) is 0. The summed E-state index contributed by atoms with van der Waals surface area (Å²) >= 11 is 15.1. The highest BCUT2D eigenvalue weighted by molar-refractivity contribution is 9.10. The van der Waals surface area contributed by atoms with Crippen molar-refractivity contribution in [2.75, 3.05) is 0 Å². The Morgan fingerprint density at radius 1 is 1.21 bits per heavy atom. The van der Waals surface area contributed by atoms with E-state index in [0.717, 1.165) is 10.0 Å². The van der Waals surface area contributed by atoms with Gasteiger partial charge in [0.05, 0.1) is 5.02 Å². The maximum Gasteiger partial charge on any atom is 0.131 e. The number of ether oxygens (including phenoxy) is 1. The average Bonchev–Trinajstić information content (AvgIpc) is 2.40. The molecule has 2 aromatic rings. The summed E-state index contributed by atoms with van der Waals surface area (Å²) in [5.41, 5.74) is 1.26. The molecule has 0 aliphatic carbocycles. The normalized spacial score (nSPS) is 10.5. The second-order valence-corrected chi connectivity index (χ2v) is 5.40. The number of rotatable bonds is 4. The molecule has 0 atom stereocenters. The first kappa shape index (κ1) is 14.6. The first-order valence-corrected chi connectivity index (χ1v) is 7.22. The molecule has 0 aliphatic heterocycles. The molecule has 0 unspecified atom stereocenters. The summed E-state index contributed by atoms with van der Waals surface area (Å²) < 4.78 is 20.0. The molecule has 0 aliphatic rings. The van der Waals surface area contributed by atoms with Crippen LogP contribution in [0.5, 0.6) is 5.75 Å². The molecule has 0 saturated carbocycles. The van der Waals surface area contributed by atoms with Gasteiger partial charge >= 0.3 is 0 Å². The van der Waals surface area contributed by atoms with Gasteiger partial charge in [-0.05, 0) is 35.9 Å². The first-order valence-electron chi connectivity index (χ1n) is 5.52. The molecule has 0 heterocycles. The standard InChI is InChI=1S/C14H10BrCl2FO/c15-12-5-4-10(6-9(12)7-16)19-8-11-13(17)2-1-3-14(11)18/h1-6H,7-8H2. The van der Waals surface area contributed by atoms with Crippen LogP contribution in [0.3, 0.4) is 0 Å². The Morgan fingerprint density at radius 2 is 2.00 bits per heavy atom. The van der Waals surface area contributed by atoms with E-state index in [1.54, 1.807) is 18.2 Å². The molecule has 1 nitrogen and oxygen atoms in total. The van der Waals surface area contributed by atoms with E-state index < -0.39 is 0 Å². The third kappa shape index (κ3) is 3.62. The lowest BCUT2D eigenvalue weighted by atomic mass is 10.2. The topological polar surface area (TPSA) is 9.23 Å². The third-order valence-electron chi connectivity index (χ3n) is 2.61. The van der Waals surface area contributed by atoms with E-state index in [0.29, 0.717) is 22.2 Å². The van der Waals surface area contributed by atoms with Gasteiger partial charge < -0.3 is 4.74 Å². The predicted molar refractivity (Wildman–Crippen MR) is 79.4 cm³/mol. The van der Waals surface area contributed by atoms with Crippen molar-refractivity contribution in [1.29, 1.82) is 0 Å². The van der Waals surface area contributed by atoms with Crippen LogP contribution < -0.4 is 4.74 Å². The first-order chi connectivity index (χ1) is 9.11. The van der Waals surface area contributed by atoms with Gasteiger partial charge in [-0.2, -0.15) is 0 Å². The van der Waals surface area contributed by atoms with Crippen LogP contribution in [0.4, 0.5) is 4.39 Å². The van der Waals surface area contributed by atoms with Crippen molar-refractivity contribution in [3.05, 3.63) is 62.8 Å². The molecular formula is C14H10BrCl2FO. The largest absolute Gasteiger partial charge is 0.489 e. The Bertz CT molecular complexity index is 569. The molecule has 0 N–H and O–H groups in total. The zero-order valence-corrected chi connectivity index (χ0v) is 12.9. The molecule has 2 rings (SSSR count). The van der Waals surface area contributed by atoms with Crippen LogP contribution in [-0.2, 0) is 12.5 Å². The van der Waals surface area contributed by atoms with E-state index in [1.807, 2.05) is 12.1 Å². The molecule has 0 radical (unpaired) electrons. The molecule has 0 saturated heterocycles. The summed E-state index contributed by atoms with van der Waals surface area (Å²) in [6.07, 6.45) is 0. The maximum atomic E-state index is 13.6. The summed E-state index contributed by atoms with van der Waals surface area (Å²) in [5, 5.41) is 0.356. The van der Waals surface area contributed by atoms with Gasteiger partial charge in [-0.3, -0.25) is 0 Å². The minimum Gasteiger partial charge on any atom is -0.489 e. The zero-order valence-electron chi connectivity index (χ0n) is 9.80.